The second-order valence-electron chi connectivity index (χ2n) is 2.55. The van der Waals surface area contributed by atoms with Crippen LogP contribution < -0.4 is 0 Å². The molecule has 6 nitrogen and oxygen atoms in total. The number of hydrogen-bond acceptors (Lipinski definition) is 5. The van der Waals surface area contributed by atoms with Gasteiger partial charge >= 0.3 is 5.97 Å². The summed E-state index contributed by atoms with van der Waals surface area (Å²) in [4.78, 5) is 19.9. The van der Waals surface area contributed by atoms with E-state index < -0.39 is 23.5 Å². The highest BCUT2D eigenvalue weighted by Crippen LogP contribution is 1.94. The molecule has 0 bridgehead atoms. The molecule has 0 fully saturated rings. The molecule has 0 rings (SSSR count). The molecule has 0 spiro atoms. The van der Waals surface area contributed by atoms with E-state index in [-0.39, 0.29) is 12.2 Å². The van der Waals surface area contributed by atoms with E-state index in [1.54, 1.807) is 0 Å². The number of rotatable bonds is 5. The number of nitrogens with zero attached hydrogens (tertiary/aromatic N) is 1. The molecular formula is C7H11NO5. The van der Waals surface area contributed by atoms with Crippen molar-refractivity contribution in [1.29, 1.82) is 0 Å². The number of hydrogen-bond donors (Lipinski definition) is 1. The van der Waals surface area contributed by atoms with Crippen LogP contribution in [0.2, 0.25) is 0 Å². The Morgan fingerprint density at radius 2 is 2.31 bits per heavy atom. The zero-order valence-corrected chi connectivity index (χ0v) is 7.23. The second-order valence-corrected chi connectivity index (χ2v) is 2.55. The van der Waals surface area contributed by atoms with Gasteiger partial charge in [-0.1, -0.05) is 6.58 Å². The van der Waals surface area contributed by atoms with Crippen LogP contribution in [-0.2, 0) is 9.53 Å². The van der Waals surface area contributed by atoms with Crippen molar-refractivity contribution in [3.05, 3.63) is 22.3 Å². The molecule has 0 radical (unpaired) electrons. The maximum Gasteiger partial charge on any atom is 0.333 e. The van der Waals surface area contributed by atoms with Crippen molar-refractivity contribution in [3.63, 3.8) is 0 Å². The maximum atomic E-state index is 10.7. The fourth-order valence-corrected chi connectivity index (χ4v) is 0.520. The topological polar surface area (TPSA) is 89.7 Å². The molecule has 13 heavy (non-hydrogen) atoms. The van der Waals surface area contributed by atoms with Crippen LogP contribution in [0.25, 0.3) is 0 Å². The van der Waals surface area contributed by atoms with Crippen molar-refractivity contribution in [2.24, 2.45) is 0 Å². The molecule has 74 valence electrons. The van der Waals surface area contributed by atoms with Crippen LogP contribution in [0.15, 0.2) is 12.2 Å². The summed E-state index contributed by atoms with van der Waals surface area (Å²) in [6, 6.07) is 0. The predicted molar refractivity (Wildman–Crippen MR) is 43.6 cm³/mol. The first-order chi connectivity index (χ1) is 5.93. The lowest BCUT2D eigenvalue weighted by Crippen LogP contribution is -2.26. The fourth-order valence-electron chi connectivity index (χ4n) is 0.520. The first-order valence-corrected chi connectivity index (χ1v) is 3.56. The van der Waals surface area contributed by atoms with Gasteiger partial charge in [-0.05, 0) is 6.92 Å². The van der Waals surface area contributed by atoms with E-state index in [9.17, 15) is 14.9 Å². The smallest absolute Gasteiger partial charge is 0.333 e. The lowest BCUT2D eigenvalue weighted by Gasteiger charge is -2.06. The van der Waals surface area contributed by atoms with Crippen LogP contribution in [0.4, 0.5) is 0 Å². The molecule has 0 aromatic rings. The lowest BCUT2D eigenvalue weighted by molar-refractivity contribution is -0.490. The van der Waals surface area contributed by atoms with Gasteiger partial charge in [0.15, 0.2) is 6.10 Å². The number of ether oxygens (including phenoxy) is 1. The molecule has 0 saturated carbocycles. The SMILES string of the molecule is C=C(C)C(=O)OCC(O)C[N+](=O)[O-]. The molecule has 1 atom stereocenters. The van der Waals surface area contributed by atoms with Crippen molar-refractivity contribution in [1.82, 2.24) is 0 Å². The van der Waals surface area contributed by atoms with Gasteiger partial charge in [-0.15, -0.1) is 0 Å². The van der Waals surface area contributed by atoms with E-state index in [2.05, 4.69) is 11.3 Å². The lowest BCUT2D eigenvalue weighted by atomic mass is 10.3. The highest BCUT2D eigenvalue weighted by molar-refractivity contribution is 5.86. The highest BCUT2D eigenvalue weighted by Gasteiger charge is 2.14. The van der Waals surface area contributed by atoms with Gasteiger partial charge in [0.05, 0.1) is 0 Å². The minimum atomic E-state index is -1.27. The average Bonchev–Trinajstić information content (AvgIpc) is 1.98. The van der Waals surface area contributed by atoms with Crippen molar-refractivity contribution in [3.8, 4) is 0 Å². The van der Waals surface area contributed by atoms with Crippen molar-refractivity contribution < 1.29 is 19.6 Å². The Kier molecular flexibility index (Phi) is 4.68. The molecule has 1 N–H and O–H groups in total. The van der Waals surface area contributed by atoms with Crippen LogP contribution in [0.5, 0.6) is 0 Å². The Morgan fingerprint density at radius 3 is 2.69 bits per heavy atom. The third-order valence-corrected chi connectivity index (χ3v) is 1.12. The van der Waals surface area contributed by atoms with E-state index in [4.69, 9.17) is 5.11 Å². The quantitative estimate of drug-likeness (QED) is 0.278. The zero-order chi connectivity index (χ0) is 10.4. The molecule has 6 heteroatoms. The van der Waals surface area contributed by atoms with Crippen LogP contribution >= 0.6 is 0 Å². The van der Waals surface area contributed by atoms with Crippen molar-refractivity contribution >= 4 is 5.97 Å². The third kappa shape index (κ3) is 5.80. The number of aliphatic hydroxyl groups is 1. The fraction of sp³-hybridized carbons (Fsp3) is 0.571. The van der Waals surface area contributed by atoms with E-state index in [1.807, 2.05) is 0 Å². The first-order valence-electron chi connectivity index (χ1n) is 3.56. The molecule has 0 heterocycles. The Balaban J connectivity index is 3.70. The summed E-state index contributed by atoms with van der Waals surface area (Å²) in [5.41, 5.74) is 0.188. The normalized spacial score (nSPS) is 11.8. The molecular weight excluding hydrogens is 178 g/mol. The van der Waals surface area contributed by atoms with E-state index in [0.717, 1.165) is 0 Å². The van der Waals surface area contributed by atoms with Gasteiger partial charge in [0, 0.05) is 10.5 Å². The number of nitro groups is 1. The van der Waals surface area contributed by atoms with E-state index in [1.165, 1.54) is 6.92 Å². The number of carbonyl (C=O) groups is 1. The molecule has 0 aromatic carbocycles. The molecule has 0 aliphatic rings. The summed E-state index contributed by atoms with van der Waals surface area (Å²) in [6.07, 6.45) is -1.27. The number of esters is 1. The average molecular weight is 189 g/mol. The van der Waals surface area contributed by atoms with Gasteiger partial charge < -0.3 is 9.84 Å². The molecule has 1 unspecified atom stereocenters. The largest absolute Gasteiger partial charge is 0.459 e. The minimum Gasteiger partial charge on any atom is -0.459 e. The zero-order valence-electron chi connectivity index (χ0n) is 7.23. The summed E-state index contributed by atoms with van der Waals surface area (Å²) < 4.78 is 4.47. The predicted octanol–water partition coefficient (Wildman–Crippen LogP) is -0.257. The first kappa shape index (κ1) is 11.6. The number of carbonyl (C=O) groups excluding carboxylic acids is 1. The van der Waals surface area contributed by atoms with Crippen molar-refractivity contribution in [2.45, 2.75) is 13.0 Å². The van der Waals surface area contributed by atoms with Gasteiger partial charge in [-0.2, -0.15) is 0 Å². The Labute approximate surface area is 75.0 Å². The monoisotopic (exact) mass is 189 g/mol. The molecule has 0 aliphatic carbocycles. The summed E-state index contributed by atoms with van der Waals surface area (Å²) >= 11 is 0. The molecule has 0 amide bonds. The summed E-state index contributed by atoms with van der Waals surface area (Å²) in [6.45, 7) is 3.73. The van der Waals surface area contributed by atoms with Crippen molar-refractivity contribution in [2.75, 3.05) is 13.2 Å². The van der Waals surface area contributed by atoms with E-state index in [0.29, 0.717) is 0 Å². The standard InChI is InChI=1S/C7H11NO5/c1-5(2)7(10)13-4-6(9)3-8(11)12/h6,9H,1,3-4H2,2H3. The summed E-state index contributed by atoms with van der Waals surface area (Å²) in [5.74, 6) is -0.664. The van der Waals surface area contributed by atoms with Gasteiger partial charge in [-0.25, -0.2) is 4.79 Å². The van der Waals surface area contributed by atoms with Crippen LogP contribution in [0.3, 0.4) is 0 Å². The summed E-state index contributed by atoms with van der Waals surface area (Å²) in [5, 5.41) is 18.8. The maximum absolute atomic E-state index is 10.7. The highest BCUT2D eigenvalue weighted by atomic mass is 16.6. The molecule has 0 saturated heterocycles. The molecule has 0 aliphatic heterocycles. The Hall–Kier alpha value is -1.43. The van der Waals surface area contributed by atoms with Gasteiger partial charge in [0.2, 0.25) is 6.54 Å². The molecule has 0 aromatic heterocycles. The second kappa shape index (κ2) is 5.26. The minimum absolute atomic E-state index is 0.188. The van der Waals surface area contributed by atoms with Gasteiger partial charge in [0.25, 0.3) is 0 Å². The Bertz CT molecular complexity index is 225. The van der Waals surface area contributed by atoms with Crippen LogP contribution in [-0.4, -0.2) is 35.3 Å². The van der Waals surface area contributed by atoms with Gasteiger partial charge in [-0.3, -0.25) is 10.1 Å². The van der Waals surface area contributed by atoms with Crippen LogP contribution in [0, 0.1) is 10.1 Å². The van der Waals surface area contributed by atoms with E-state index >= 15 is 0 Å². The summed E-state index contributed by atoms with van der Waals surface area (Å²) in [7, 11) is 0. The third-order valence-electron chi connectivity index (χ3n) is 1.12. The van der Waals surface area contributed by atoms with Crippen LogP contribution in [0.1, 0.15) is 6.92 Å². The number of aliphatic hydroxyl groups excluding tert-OH is 1. The Morgan fingerprint density at radius 1 is 1.77 bits per heavy atom. The van der Waals surface area contributed by atoms with Gasteiger partial charge in [0.1, 0.15) is 6.61 Å².